The highest BCUT2D eigenvalue weighted by Gasteiger charge is 2.03. The number of aromatic carboxylic acids is 1. The fourth-order valence-electron chi connectivity index (χ4n) is 1.92. The van der Waals surface area contributed by atoms with Gasteiger partial charge >= 0.3 is 5.97 Å². The van der Waals surface area contributed by atoms with E-state index in [0.29, 0.717) is 12.0 Å². The first kappa shape index (κ1) is 13.7. The van der Waals surface area contributed by atoms with Gasteiger partial charge in [0.15, 0.2) is 0 Å². The summed E-state index contributed by atoms with van der Waals surface area (Å²) in [6.07, 6.45) is 3.14. The van der Waals surface area contributed by atoms with Crippen molar-refractivity contribution in [3.05, 3.63) is 77.4 Å². The molecule has 0 saturated carbocycles. The number of hydrogen-bond donors (Lipinski definition) is 1. The number of benzene rings is 2. The predicted octanol–water partition coefficient (Wildman–Crippen LogP) is 3.21. The third-order valence-electron chi connectivity index (χ3n) is 2.97. The average Bonchev–Trinajstić information content (AvgIpc) is 2.49. The number of carbonyl (C=O) groups excluding carboxylic acids is 1. The van der Waals surface area contributed by atoms with Gasteiger partial charge in [-0.3, -0.25) is 4.79 Å². The van der Waals surface area contributed by atoms with Crippen LogP contribution in [0.25, 0.3) is 5.57 Å². The molecule has 0 heterocycles. The summed E-state index contributed by atoms with van der Waals surface area (Å²) in [6, 6.07) is 16.1. The van der Waals surface area contributed by atoms with Crippen molar-refractivity contribution in [3.63, 3.8) is 0 Å². The fourth-order valence-corrected chi connectivity index (χ4v) is 1.92. The molecule has 0 amide bonds. The summed E-state index contributed by atoms with van der Waals surface area (Å²) in [6.45, 7) is 0. The molecule has 2 aromatic rings. The lowest BCUT2D eigenvalue weighted by atomic mass is 10.0. The van der Waals surface area contributed by atoms with Gasteiger partial charge in [-0.15, -0.1) is 0 Å². The van der Waals surface area contributed by atoms with E-state index < -0.39 is 5.97 Å². The van der Waals surface area contributed by atoms with Crippen molar-refractivity contribution in [2.24, 2.45) is 0 Å². The highest BCUT2D eigenvalue weighted by atomic mass is 16.4. The molecular formula is C17H14O3. The van der Waals surface area contributed by atoms with E-state index in [4.69, 9.17) is 5.11 Å². The summed E-state index contributed by atoms with van der Waals surface area (Å²) in [5.41, 5.74) is 2.58. The van der Waals surface area contributed by atoms with Crippen molar-refractivity contribution in [2.75, 3.05) is 0 Å². The third-order valence-corrected chi connectivity index (χ3v) is 2.97. The summed E-state index contributed by atoms with van der Waals surface area (Å²) in [5, 5.41) is 8.94. The maximum atomic E-state index is 11.1. The number of carbonyl (C=O) groups is 2. The number of aldehydes is 1. The summed E-state index contributed by atoms with van der Waals surface area (Å²) < 4.78 is 0. The highest BCUT2D eigenvalue weighted by Crippen LogP contribution is 2.14. The Kier molecular flexibility index (Phi) is 4.45. The van der Waals surface area contributed by atoms with Crippen molar-refractivity contribution in [1.82, 2.24) is 0 Å². The van der Waals surface area contributed by atoms with E-state index in [2.05, 4.69) is 0 Å². The van der Waals surface area contributed by atoms with Gasteiger partial charge in [-0.1, -0.05) is 48.5 Å². The quantitative estimate of drug-likeness (QED) is 0.668. The number of hydrogen-bond acceptors (Lipinski definition) is 2. The van der Waals surface area contributed by atoms with Gasteiger partial charge in [0.05, 0.1) is 5.56 Å². The first-order chi connectivity index (χ1) is 9.70. The van der Waals surface area contributed by atoms with E-state index >= 15 is 0 Å². The van der Waals surface area contributed by atoms with Gasteiger partial charge in [0, 0.05) is 5.57 Å². The van der Waals surface area contributed by atoms with Crippen molar-refractivity contribution in [1.29, 1.82) is 0 Å². The molecule has 20 heavy (non-hydrogen) atoms. The molecule has 0 fully saturated rings. The summed E-state index contributed by atoms with van der Waals surface area (Å²) in [7, 11) is 0. The molecule has 0 radical (unpaired) electrons. The molecule has 2 aromatic carbocycles. The van der Waals surface area contributed by atoms with Crippen LogP contribution in [0, 0.1) is 0 Å². The van der Waals surface area contributed by atoms with Crippen LogP contribution >= 0.6 is 0 Å². The zero-order valence-electron chi connectivity index (χ0n) is 10.8. The van der Waals surface area contributed by atoms with Gasteiger partial charge in [0.2, 0.25) is 0 Å². The Morgan fingerprint density at radius 2 is 1.70 bits per heavy atom. The standard InChI is InChI=1S/C17H14O3/c18-12-16(14-6-2-1-3-7-14)10-9-13-5-4-8-15(11-13)17(19)20/h1-8,10-12H,9H2,(H,19,20)/b16-10-. The Labute approximate surface area is 117 Å². The molecule has 0 unspecified atom stereocenters. The first-order valence-corrected chi connectivity index (χ1v) is 6.23. The maximum absolute atomic E-state index is 11.1. The van der Waals surface area contributed by atoms with E-state index in [1.165, 1.54) is 0 Å². The number of carboxylic acid groups (broad SMARTS) is 1. The van der Waals surface area contributed by atoms with Crippen LogP contribution in [0.3, 0.4) is 0 Å². The van der Waals surface area contributed by atoms with Crippen LogP contribution in [0.15, 0.2) is 60.7 Å². The van der Waals surface area contributed by atoms with Gasteiger partial charge in [-0.25, -0.2) is 4.79 Å². The van der Waals surface area contributed by atoms with Gasteiger partial charge in [-0.05, 0) is 29.7 Å². The molecule has 0 spiro atoms. The zero-order valence-corrected chi connectivity index (χ0v) is 10.8. The Bertz CT molecular complexity index is 642. The van der Waals surface area contributed by atoms with Gasteiger partial charge in [-0.2, -0.15) is 0 Å². The second-order valence-electron chi connectivity index (χ2n) is 4.35. The van der Waals surface area contributed by atoms with E-state index in [1.54, 1.807) is 18.2 Å². The van der Waals surface area contributed by atoms with Crippen LogP contribution in [0.1, 0.15) is 21.5 Å². The van der Waals surface area contributed by atoms with Crippen LogP contribution in [0.5, 0.6) is 0 Å². The molecule has 3 heteroatoms. The lowest BCUT2D eigenvalue weighted by Gasteiger charge is -2.02. The molecule has 0 aliphatic heterocycles. The van der Waals surface area contributed by atoms with Crippen molar-refractivity contribution in [3.8, 4) is 0 Å². The molecule has 3 nitrogen and oxygen atoms in total. The summed E-state index contributed by atoms with van der Waals surface area (Å²) in [5.74, 6) is -0.950. The Morgan fingerprint density at radius 1 is 1.00 bits per heavy atom. The van der Waals surface area contributed by atoms with Crippen molar-refractivity contribution >= 4 is 17.8 Å². The Balaban J connectivity index is 2.21. The number of rotatable bonds is 5. The molecule has 0 aromatic heterocycles. The Hall–Kier alpha value is -2.68. The molecule has 0 bridgehead atoms. The molecule has 0 atom stereocenters. The number of allylic oxidation sites excluding steroid dienone is 2. The average molecular weight is 266 g/mol. The van der Waals surface area contributed by atoms with Gasteiger partial charge < -0.3 is 5.11 Å². The normalized spacial score (nSPS) is 11.1. The predicted molar refractivity (Wildman–Crippen MR) is 77.6 cm³/mol. The monoisotopic (exact) mass is 266 g/mol. The summed E-state index contributed by atoms with van der Waals surface area (Å²) in [4.78, 5) is 22.0. The topological polar surface area (TPSA) is 54.4 Å². The van der Waals surface area contributed by atoms with Crippen molar-refractivity contribution < 1.29 is 14.7 Å². The highest BCUT2D eigenvalue weighted by molar-refractivity contribution is 6.06. The molecule has 100 valence electrons. The van der Waals surface area contributed by atoms with Crippen LogP contribution < -0.4 is 0 Å². The second kappa shape index (κ2) is 6.48. The lowest BCUT2D eigenvalue weighted by Crippen LogP contribution is -1.97. The summed E-state index contributed by atoms with van der Waals surface area (Å²) >= 11 is 0. The molecule has 0 aliphatic carbocycles. The lowest BCUT2D eigenvalue weighted by molar-refractivity contribution is -0.103. The van der Waals surface area contributed by atoms with Crippen LogP contribution in [-0.2, 0) is 11.2 Å². The van der Waals surface area contributed by atoms with E-state index in [0.717, 1.165) is 17.4 Å². The second-order valence-corrected chi connectivity index (χ2v) is 4.35. The minimum atomic E-state index is -0.950. The largest absolute Gasteiger partial charge is 0.478 e. The molecule has 1 N–H and O–H groups in total. The van der Waals surface area contributed by atoms with Crippen LogP contribution in [0.2, 0.25) is 0 Å². The fraction of sp³-hybridized carbons (Fsp3) is 0.0588. The van der Waals surface area contributed by atoms with Crippen LogP contribution in [0.4, 0.5) is 0 Å². The van der Waals surface area contributed by atoms with Gasteiger partial charge in [0.25, 0.3) is 0 Å². The zero-order chi connectivity index (χ0) is 14.4. The minimum absolute atomic E-state index is 0.253. The Morgan fingerprint density at radius 3 is 2.35 bits per heavy atom. The maximum Gasteiger partial charge on any atom is 0.335 e. The van der Waals surface area contributed by atoms with Gasteiger partial charge in [0.1, 0.15) is 6.29 Å². The van der Waals surface area contributed by atoms with E-state index in [1.807, 2.05) is 42.5 Å². The molecule has 2 rings (SSSR count). The van der Waals surface area contributed by atoms with Crippen LogP contribution in [-0.4, -0.2) is 17.4 Å². The van der Waals surface area contributed by atoms with E-state index in [-0.39, 0.29) is 5.56 Å². The first-order valence-electron chi connectivity index (χ1n) is 6.23. The molecule has 0 saturated heterocycles. The molecule has 0 aliphatic rings. The minimum Gasteiger partial charge on any atom is -0.478 e. The molecular weight excluding hydrogens is 252 g/mol. The van der Waals surface area contributed by atoms with E-state index in [9.17, 15) is 9.59 Å². The number of carboxylic acids is 1. The van der Waals surface area contributed by atoms with Crippen molar-refractivity contribution in [2.45, 2.75) is 6.42 Å². The smallest absolute Gasteiger partial charge is 0.335 e. The SMILES string of the molecule is O=C/C(=C/Cc1cccc(C(=O)O)c1)c1ccccc1. The third kappa shape index (κ3) is 3.42.